The molecule has 0 radical (unpaired) electrons. The summed E-state index contributed by atoms with van der Waals surface area (Å²) in [5.74, 6) is -0.339. The molecule has 0 fully saturated rings. The Bertz CT molecular complexity index is 989. The first kappa shape index (κ1) is 21.3. The van der Waals surface area contributed by atoms with E-state index >= 15 is 0 Å². The number of hydrogen-bond acceptors (Lipinski definition) is 6. The Hall–Kier alpha value is -2.98. The molecule has 0 spiro atoms. The smallest absolute Gasteiger partial charge is 0.292 e. The van der Waals surface area contributed by atoms with Gasteiger partial charge in [-0.2, -0.15) is 0 Å². The zero-order chi connectivity index (χ0) is 20.9. The molecule has 0 unspecified atom stereocenters. The van der Waals surface area contributed by atoms with Gasteiger partial charge in [-0.3, -0.25) is 14.9 Å². The fourth-order valence-electron chi connectivity index (χ4n) is 2.41. The molecule has 2 N–H and O–H groups in total. The SMILES string of the molecule is Cc1ccc(S(=O)(=O)N(C)C)cc1NC(=O)CCNc1ccccc1[N+](=O)[O-]. The molecular formula is C18H22N4O5S. The third-order valence-electron chi connectivity index (χ3n) is 4.03. The first-order chi connectivity index (χ1) is 13.1. The zero-order valence-electron chi connectivity index (χ0n) is 15.8. The summed E-state index contributed by atoms with van der Waals surface area (Å²) in [7, 11) is -0.747. The maximum atomic E-state index is 12.2. The molecule has 2 aromatic carbocycles. The molecule has 0 saturated heterocycles. The second-order valence-corrected chi connectivity index (χ2v) is 8.42. The van der Waals surface area contributed by atoms with Crippen molar-refractivity contribution < 1.29 is 18.1 Å². The van der Waals surface area contributed by atoms with Gasteiger partial charge >= 0.3 is 0 Å². The predicted octanol–water partition coefficient (Wildman–Crippen LogP) is 2.59. The van der Waals surface area contributed by atoms with E-state index in [1.165, 1.54) is 32.3 Å². The molecule has 0 aliphatic rings. The van der Waals surface area contributed by atoms with Crippen LogP contribution in [-0.4, -0.2) is 44.2 Å². The van der Waals surface area contributed by atoms with Gasteiger partial charge in [0.1, 0.15) is 5.69 Å². The number of anilines is 2. The number of nitrogens with zero attached hydrogens (tertiary/aromatic N) is 2. The topological polar surface area (TPSA) is 122 Å². The minimum atomic E-state index is -3.61. The lowest BCUT2D eigenvalue weighted by Gasteiger charge is -2.14. The van der Waals surface area contributed by atoms with Crippen LogP contribution in [0.1, 0.15) is 12.0 Å². The molecular weight excluding hydrogens is 384 g/mol. The van der Waals surface area contributed by atoms with Crippen LogP contribution in [0, 0.1) is 17.0 Å². The van der Waals surface area contributed by atoms with Crippen LogP contribution in [-0.2, 0) is 14.8 Å². The normalized spacial score (nSPS) is 11.3. The Labute approximate surface area is 163 Å². The lowest BCUT2D eigenvalue weighted by atomic mass is 10.2. The van der Waals surface area contributed by atoms with E-state index < -0.39 is 14.9 Å². The van der Waals surface area contributed by atoms with E-state index in [2.05, 4.69) is 10.6 Å². The summed E-state index contributed by atoms with van der Waals surface area (Å²) in [6, 6.07) is 10.7. The summed E-state index contributed by atoms with van der Waals surface area (Å²) in [5, 5.41) is 16.6. The molecule has 0 aliphatic carbocycles. The van der Waals surface area contributed by atoms with Crippen molar-refractivity contribution in [1.82, 2.24) is 4.31 Å². The second-order valence-electron chi connectivity index (χ2n) is 6.26. The van der Waals surface area contributed by atoms with Crippen LogP contribution in [0.4, 0.5) is 17.1 Å². The molecule has 0 heterocycles. The van der Waals surface area contributed by atoms with Crippen molar-refractivity contribution >= 4 is 33.0 Å². The second kappa shape index (κ2) is 8.81. The monoisotopic (exact) mass is 406 g/mol. The number of sulfonamides is 1. The van der Waals surface area contributed by atoms with Crippen LogP contribution in [0.2, 0.25) is 0 Å². The van der Waals surface area contributed by atoms with Crippen LogP contribution in [0.5, 0.6) is 0 Å². The Kier molecular flexibility index (Phi) is 6.71. The van der Waals surface area contributed by atoms with Gasteiger partial charge in [0.05, 0.1) is 9.82 Å². The third kappa shape index (κ3) is 5.05. The molecule has 0 bridgehead atoms. The highest BCUT2D eigenvalue weighted by atomic mass is 32.2. The molecule has 9 nitrogen and oxygen atoms in total. The largest absolute Gasteiger partial charge is 0.379 e. The summed E-state index contributed by atoms with van der Waals surface area (Å²) in [4.78, 5) is 22.8. The number of nitrogens with one attached hydrogen (secondary N) is 2. The van der Waals surface area contributed by atoms with Gasteiger partial charge in [0.25, 0.3) is 5.69 Å². The van der Waals surface area contributed by atoms with Crippen LogP contribution in [0.25, 0.3) is 0 Å². The molecule has 10 heteroatoms. The molecule has 2 rings (SSSR count). The summed E-state index contributed by atoms with van der Waals surface area (Å²) < 4.78 is 25.6. The van der Waals surface area contributed by atoms with E-state index in [1.807, 2.05) is 0 Å². The molecule has 0 saturated carbocycles. The average molecular weight is 406 g/mol. The quantitative estimate of drug-likeness (QED) is 0.513. The molecule has 0 aliphatic heterocycles. The first-order valence-corrected chi connectivity index (χ1v) is 9.87. The molecule has 0 aromatic heterocycles. The van der Waals surface area contributed by atoms with Crippen molar-refractivity contribution in [2.45, 2.75) is 18.2 Å². The lowest BCUT2D eigenvalue weighted by molar-refractivity contribution is -0.384. The first-order valence-electron chi connectivity index (χ1n) is 8.43. The van der Waals surface area contributed by atoms with Crippen LogP contribution in [0.3, 0.4) is 0 Å². The number of aryl methyl sites for hydroxylation is 1. The van der Waals surface area contributed by atoms with E-state index in [1.54, 1.807) is 31.2 Å². The van der Waals surface area contributed by atoms with E-state index in [0.717, 1.165) is 9.87 Å². The Morgan fingerprint density at radius 2 is 1.82 bits per heavy atom. The molecule has 2 aromatic rings. The number of carbonyl (C=O) groups is 1. The number of benzene rings is 2. The Morgan fingerprint density at radius 3 is 2.46 bits per heavy atom. The Balaban J connectivity index is 2.03. The third-order valence-corrected chi connectivity index (χ3v) is 5.84. The molecule has 150 valence electrons. The van der Waals surface area contributed by atoms with Crippen LogP contribution in [0.15, 0.2) is 47.4 Å². The van der Waals surface area contributed by atoms with Gasteiger partial charge in [0.15, 0.2) is 0 Å². The van der Waals surface area contributed by atoms with Crippen molar-refractivity contribution in [3.05, 3.63) is 58.1 Å². The summed E-state index contributed by atoms with van der Waals surface area (Å²) >= 11 is 0. The number of carbonyl (C=O) groups excluding carboxylic acids is 1. The minimum Gasteiger partial charge on any atom is -0.379 e. The predicted molar refractivity (Wildman–Crippen MR) is 107 cm³/mol. The number of rotatable bonds is 8. The number of nitro groups is 1. The lowest BCUT2D eigenvalue weighted by Crippen LogP contribution is -2.23. The number of hydrogen-bond donors (Lipinski definition) is 2. The van der Waals surface area contributed by atoms with Gasteiger partial charge in [-0.15, -0.1) is 0 Å². The van der Waals surface area contributed by atoms with Gasteiger partial charge in [0.2, 0.25) is 15.9 Å². The van der Waals surface area contributed by atoms with Crippen LogP contribution < -0.4 is 10.6 Å². The zero-order valence-corrected chi connectivity index (χ0v) is 16.6. The fourth-order valence-corrected chi connectivity index (χ4v) is 3.34. The maximum Gasteiger partial charge on any atom is 0.292 e. The van der Waals surface area contributed by atoms with E-state index in [4.69, 9.17) is 0 Å². The average Bonchev–Trinajstić information content (AvgIpc) is 2.63. The van der Waals surface area contributed by atoms with Gasteiger partial charge in [-0.25, -0.2) is 12.7 Å². The van der Waals surface area contributed by atoms with E-state index in [-0.39, 0.29) is 29.5 Å². The summed E-state index contributed by atoms with van der Waals surface area (Å²) in [6.07, 6.45) is 0.0517. The van der Waals surface area contributed by atoms with E-state index in [9.17, 15) is 23.3 Å². The van der Waals surface area contributed by atoms with Crippen molar-refractivity contribution in [2.75, 3.05) is 31.3 Å². The highest BCUT2D eigenvalue weighted by Gasteiger charge is 2.19. The fraction of sp³-hybridized carbons (Fsp3) is 0.278. The molecule has 28 heavy (non-hydrogen) atoms. The standard InChI is InChI=1S/C18H22N4O5S/c1-13-8-9-14(28(26,27)21(2)3)12-16(13)20-18(23)10-11-19-15-6-4-5-7-17(15)22(24)25/h4-9,12,19H,10-11H2,1-3H3,(H,20,23). The molecule has 0 atom stereocenters. The van der Waals surface area contributed by atoms with Crippen molar-refractivity contribution in [2.24, 2.45) is 0 Å². The minimum absolute atomic E-state index is 0.0517. The van der Waals surface area contributed by atoms with Gasteiger partial charge in [-0.05, 0) is 30.7 Å². The van der Waals surface area contributed by atoms with Gasteiger partial charge in [0, 0.05) is 38.8 Å². The van der Waals surface area contributed by atoms with Crippen LogP contribution >= 0.6 is 0 Å². The summed E-state index contributed by atoms with van der Waals surface area (Å²) in [5.41, 5.74) is 1.38. The number of para-hydroxylation sites is 2. The highest BCUT2D eigenvalue weighted by Crippen LogP contribution is 2.24. The van der Waals surface area contributed by atoms with Gasteiger partial charge < -0.3 is 10.6 Å². The maximum absolute atomic E-state index is 12.2. The highest BCUT2D eigenvalue weighted by molar-refractivity contribution is 7.89. The number of amides is 1. The van der Waals surface area contributed by atoms with Crippen molar-refractivity contribution in [3.63, 3.8) is 0 Å². The van der Waals surface area contributed by atoms with Gasteiger partial charge in [-0.1, -0.05) is 18.2 Å². The van der Waals surface area contributed by atoms with E-state index in [0.29, 0.717) is 11.4 Å². The van der Waals surface area contributed by atoms with Crippen molar-refractivity contribution in [1.29, 1.82) is 0 Å². The Morgan fingerprint density at radius 1 is 1.14 bits per heavy atom. The van der Waals surface area contributed by atoms with Crippen molar-refractivity contribution in [3.8, 4) is 0 Å². The molecule has 1 amide bonds. The number of nitro benzene ring substituents is 1. The summed E-state index contributed by atoms with van der Waals surface area (Å²) in [6.45, 7) is 1.94.